The summed E-state index contributed by atoms with van der Waals surface area (Å²) >= 11 is 0. The van der Waals surface area contributed by atoms with Crippen molar-refractivity contribution in [2.24, 2.45) is 10.4 Å². The van der Waals surface area contributed by atoms with Crippen LogP contribution < -0.4 is 10.6 Å². The molecule has 1 aromatic heterocycles. The first-order chi connectivity index (χ1) is 13.7. The maximum Gasteiger partial charge on any atom is 0.191 e. The van der Waals surface area contributed by atoms with E-state index in [2.05, 4.69) is 28.9 Å². The lowest BCUT2D eigenvalue weighted by Gasteiger charge is -2.24. The highest BCUT2D eigenvalue weighted by atomic mass is 16.5. The van der Waals surface area contributed by atoms with Crippen LogP contribution in [-0.2, 0) is 11.2 Å². The number of para-hydroxylation sites is 1. The first-order valence-electron chi connectivity index (χ1n) is 10.0. The van der Waals surface area contributed by atoms with E-state index in [-0.39, 0.29) is 12.0 Å². The average Bonchev–Trinajstić information content (AvgIpc) is 3.37. The molecule has 0 bridgehead atoms. The summed E-state index contributed by atoms with van der Waals surface area (Å²) < 4.78 is 7.45. The highest BCUT2D eigenvalue weighted by Crippen LogP contribution is 2.32. The van der Waals surface area contributed by atoms with Gasteiger partial charge < -0.3 is 20.5 Å². The number of benzene rings is 1. The quantitative estimate of drug-likeness (QED) is 0.453. The SMILES string of the molecule is CCNC(=NCC1(CCO)CCOC1)NCCc1cnn(-c2ccccc2)c1. The van der Waals surface area contributed by atoms with Crippen LogP contribution in [0, 0.1) is 5.41 Å². The molecule has 7 heteroatoms. The number of rotatable bonds is 9. The van der Waals surface area contributed by atoms with Crippen LogP contribution in [0.3, 0.4) is 0 Å². The Morgan fingerprint density at radius 2 is 2.18 bits per heavy atom. The molecule has 0 radical (unpaired) electrons. The van der Waals surface area contributed by atoms with Crippen molar-refractivity contribution in [2.75, 3.05) is 39.5 Å². The standard InChI is InChI=1S/C21H31N5O2/c1-2-22-20(24-16-21(9-12-27)10-13-28-17-21)23-11-8-18-14-25-26(15-18)19-6-4-3-5-7-19/h3-7,14-15,27H,2,8-13,16-17H2,1H3,(H2,22,23,24). The summed E-state index contributed by atoms with van der Waals surface area (Å²) in [7, 11) is 0. The molecule has 1 saturated heterocycles. The van der Waals surface area contributed by atoms with Gasteiger partial charge in [0.2, 0.25) is 0 Å². The third-order valence-corrected chi connectivity index (χ3v) is 5.11. The topological polar surface area (TPSA) is 83.7 Å². The van der Waals surface area contributed by atoms with Gasteiger partial charge in [0, 0.05) is 37.9 Å². The Morgan fingerprint density at radius 3 is 2.89 bits per heavy atom. The Bertz CT molecular complexity index is 738. The predicted molar refractivity (Wildman–Crippen MR) is 111 cm³/mol. The van der Waals surface area contributed by atoms with Gasteiger partial charge in [0.25, 0.3) is 0 Å². The number of aliphatic imine (C=N–C) groups is 1. The summed E-state index contributed by atoms with van der Waals surface area (Å²) in [5, 5.41) is 20.5. The van der Waals surface area contributed by atoms with Crippen LogP contribution in [0.25, 0.3) is 5.69 Å². The molecular formula is C21H31N5O2. The van der Waals surface area contributed by atoms with Gasteiger partial charge in [-0.2, -0.15) is 5.10 Å². The molecule has 7 nitrogen and oxygen atoms in total. The van der Waals surface area contributed by atoms with E-state index in [1.165, 1.54) is 5.56 Å². The van der Waals surface area contributed by atoms with E-state index in [0.717, 1.165) is 50.6 Å². The number of aliphatic hydroxyl groups is 1. The van der Waals surface area contributed by atoms with Crippen LogP contribution in [0.4, 0.5) is 0 Å². The number of aromatic nitrogens is 2. The van der Waals surface area contributed by atoms with Gasteiger partial charge in [-0.3, -0.25) is 4.99 Å². The first kappa shape index (κ1) is 20.4. The predicted octanol–water partition coefficient (Wildman–Crippen LogP) is 1.76. The fraction of sp³-hybridized carbons (Fsp3) is 0.524. The highest BCUT2D eigenvalue weighted by molar-refractivity contribution is 5.79. The first-order valence-corrected chi connectivity index (χ1v) is 10.0. The summed E-state index contributed by atoms with van der Waals surface area (Å²) in [5.41, 5.74) is 2.20. The van der Waals surface area contributed by atoms with Crippen molar-refractivity contribution in [3.63, 3.8) is 0 Å². The fourth-order valence-corrected chi connectivity index (χ4v) is 3.41. The molecule has 2 heterocycles. The maximum absolute atomic E-state index is 9.37. The second kappa shape index (κ2) is 10.2. The molecule has 28 heavy (non-hydrogen) atoms. The second-order valence-electron chi connectivity index (χ2n) is 7.28. The van der Waals surface area contributed by atoms with Crippen molar-refractivity contribution in [2.45, 2.75) is 26.2 Å². The second-order valence-corrected chi connectivity index (χ2v) is 7.28. The maximum atomic E-state index is 9.37. The number of guanidine groups is 1. The Balaban J connectivity index is 1.53. The third kappa shape index (κ3) is 5.56. The van der Waals surface area contributed by atoms with Crippen LogP contribution in [0.2, 0.25) is 0 Å². The molecule has 0 spiro atoms. The van der Waals surface area contributed by atoms with E-state index in [1.807, 2.05) is 41.2 Å². The molecule has 1 unspecified atom stereocenters. The zero-order valence-corrected chi connectivity index (χ0v) is 16.6. The Labute approximate surface area is 166 Å². The Morgan fingerprint density at radius 1 is 1.32 bits per heavy atom. The monoisotopic (exact) mass is 385 g/mol. The van der Waals surface area contributed by atoms with Gasteiger partial charge in [0.1, 0.15) is 0 Å². The van der Waals surface area contributed by atoms with Crippen molar-refractivity contribution in [3.8, 4) is 5.69 Å². The highest BCUT2D eigenvalue weighted by Gasteiger charge is 2.34. The van der Waals surface area contributed by atoms with Gasteiger partial charge in [0.15, 0.2) is 5.96 Å². The number of aliphatic hydroxyl groups excluding tert-OH is 1. The lowest BCUT2D eigenvalue weighted by molar-refractivity contribution is 0.131. The third-order valence-electron chi connectivity index (χ3n) is 5.11. The Hall–Kier alpha value is -2.38. The lowest BCUT2D eigenvalue weighted by atomic mass is 9.84. The molecular weight excluding hydrogens is 354 g/mol. The largest absolute Gasteiger partial charge is 0.396 e. The zero-order chi connectivity index (χ0) is 19.7. The van der Waals surface area contributed by atoms with Gasteiger partial charge in [-0.1, -0.05) is 18.2 Å². The molecule has 3 N–H and O–H groups in total. The van der Waals surface area contributed by atoms with Gasteiger partial charge >= 0.3 is 0 Å². The minimum Gasteiger partial charge on any atom is -0.396 e. The van der Waals surface area contributed by atoms with Crippen molar-refractivity contribution in [3.05, 3.63) is 48.3 Å². The minimum atomic E-state index is -0.0338. The zero-order valence-electron chi connectivity index (χ0n) is 16.6. The number of hydrogen-bond donors (Lipinski definition) is 3. The lowest BCUT2D eigenvalue weighted by Crippen LogP contribution is -2.39. The number of nitrogens with one attached hydrogen (secondary N) is 2. The molecule has 152 valence electrons. The molecule has 0 saturated carbocycles. The van der Waals surface area contributed by atoms with E-state index in [4.69, 9.17) is 9.73 Å². The van der Waals surface area contributed by atoms with E-state index in [1.54, 1.807) is 0 Å². The van der Waals surface area contributed by atoms with E-state index in [0.29, 0.717) is 13.2 Å². The van der Waals surface area contributed by atoms with Crippen LogP contribution in [-0.4, -0.2) is 60.3 Å². The van der Waals surface area contributed by atoms with E-state index < -0.39 is 0 Å². The van der Waals surface area contributed by atoms with Crippen LogP contribution in [0.15, 0.2) is 47.7 Å². The Kier molecular flexibility index (Phi) is 7.45. The normalized spacial score (nSPS) is 19.7. The molecule has 2 aromatic rings. The summed E-state index contributed by atoms with van der Waals surface area (Å²) in [5.74, 6) is 0.808. The minimum absolute atomic E-state index is 0.0338. The molecule has 1 aliphatic heterocycles. The summed E-state index contributed by atoms with van der Waals surface area (Å²) in [6, 6.07) is 10.1. The van der Waals surface area contributed by atoms with Crippen molar-refractivity contribution < 1.29 is 9.84 Å². The fourth-order valence-electron chi connectivity index (χ4n) is 3.41. The summed E-state index contributed by atoms with van der Waals surface area (Å²) in [4.78, 5) is 4.75. The molecule has 1 atom stereocenters. The van der Waals surface area contributed by atoms with Gasteiger partial charge in [-0.15, -0.1) is 0 Å². The molecule has 3 rings (SSSR count). The summed E-state index contributed by atoms with van der Waals surface area (Å²) in [6.45, 7) is 5.91. The van der Waals surface area contributed by atoms with E-state index in [9.17, 15) is 5.11 Å². The van der Waals surface area contributed by atoms with Crippen LogP contribution >= 0.6 is 0 Å². The van der Waals surface area contributed by atoms with Gasteiger partial charge in [-0.25, -0.2) is 4.68 Å². The van der Waals surface area contributed by atoms with Crippen molar-refractivity contribution in [1.29, 1.82) is 0 Å². The molecule has 0 amide bonds. The van der Waals surface area contributed by atoms with Crippen molar-refractivity contribution >= 4 is 5.96 Å². The smallest absolute Gasteiger partial charge is 0.191 e. The molecule has 1 aliphatic rings. The van der Waals surface area contributed by atoms with Crippen LogP contribution in [0.5, 0.6) is 0 Å². The van der Waals surface area contributed by atoms with Crippen LogP contribution in [0.1, 0.15) is 25.3 Å². The number of ether oxygens (including phenoxy) is 1. The van der Waals surface area contributed by atoms with E-state index >= 15 is 0 Å². The van der Waals surface area contributed by atoms with Gasteiger partial charge in [0.05, 0.1) is 25.0 Å². The number of hydrogen-bond acceptors (Lipinski definition) is 4. The van der Waals surface area contributed by atoms with Gasteiger partial charge in [-0.05, 0) is 43.9 Å². The number of nitrogens with zero attached hydrogens (tertiary/aromatic N) is 3. The van der Waals surface area contributed by atoms with Crippen molar-refractivity contribution in [1.82, 2.24) is 20.4 Å². The molecule has 0 aliphatic carbocycles. The summed E-state index contributed by atoms with van der Waals surface area (Å²) in [6.07, 6.45) is 6.52. The molecule has 1 fully saturated rings. The molecule has 1 aromatic carbocycles. The average molecular weight is 386 g/mol.